The standard InChI is InChI=1S/C28H30F3N3O6/c1-14-6-8-18-20(33(14)28(38)39-2)9-10-21-23(18)32-25(34(21)17-5-3-4-15(12-17)26(36)37)24(35)19-13-16(29)7-11-22(19)40-27(30)31/h7,9-11,13-15,17,24,27,35H,3-6,8,12H2,1-2H3,(H,36,37)/t14-,15+,17?,24+/m0/s1. The van der Waals surface area contributed by atoms with Gasteiger partial charge in [-0.2, -0.15) is 8.78 Å². The molecule has 12 heteroatoms. The largest absolute Gasteiger partial charge is 0.481 e. The van der Waals surface area contributed by atoms with Crippen molar-refractivity contribution in [2.45, 2.75) is 70.2 Å². The Hall–Kier alpha value is -3.80. The Balaban J connectivity index is 1.71. The monoisotopic (exact) mass is 561 g/mol. The second-order valence-electron chi connectivity index (χ2n) is 10.3. The Morgan fingerprint density at radius 1 is 1.15 bits per heavy atom. The van der Waals surface area contributed by atoms with Crippen molar-refractivity contribution >= 4 is 28.8 Å². The topological polar surface area (TPSA) is 114 Å². The number of aromatic nitrogens is 2. The van der Waals surface area contributed by atoms with E-state index < -0.39 is 42.3 Å². The number of rotatable bonds is 6. The lowest BCUT2D eigenvalue weighted by Gasteiger charge is -2.34. The normalized spacial score (nSPS) is 21.8. The van der Waals surface area contributed by atoms with Gasteiger partial charge in [-0.3, -0.25) is 9.69 Å². The number of aliphatic hydroxyl groups is 1. The molecule has 1 amide bonds. The number of nitrogens with zero attached hydrogens (tertiary/aromatic N) is 3. The van der Waals surface area contributed by atoms with Gasteiger partial charge in [0.15, 0.2) is 0 Å². The van der Waals surface area contributed by atoms with E-state index in [1.165, 1.54) is 12.0 Å². The van der Waals surface area contributed by atoms with Crippen molar-refractivity contribution in [3.8, 4) is 5.75 Å². The smallest absolute Gasteiger partial charge is 0.414 e. The average molecular weight is 562 g/mol. The fourth-order valence-electron chi connectivity index (χ4n) is 6.07. The van der Waals surface area contributed by atoms with E-state index in [0.717, 1.165) is 23.8 Å². The molecule has 2 aromatic carbocycles. The minimum Gasteiger partial charge on any atom is -0.481 e. The number of aliphatic carboxylic acids is 1. The van der Waals surface area contributed by atoms with Crippen molar-refractivity contribution in [3.63, 3.8) is 0 Å². The molecule has 1 saturated carbocycles. The number of carboxylic acids is 1. The Bertz CT molecular complexity index is 1440. The van der Waals surface area contributed by atoms with Gasteiger partial charge in [0.1, 0.15) is 23.5 Å². The molecule has 0 spiro atoms. The summed E-state index contributed by atoms with van der Waals surface area (Å²) in [6.45, 7) is -1.30. The maximum Gasteiger partial charge on any atom is 0.414 e. The highest BCUT2D eigenvalue weighted by molar-refractivity contribution is 5.95. The first-order chi connectivity index (χ1) is 19.1. The number of alkyl halides is 2. The Morgan fingerprint density at radius 3 is 2.62 bits per heavy atom. The molecule has 1 aliphatic carbocycles. The van der Waals surface area contributed by atoms with Crippen LogP contribution in [0.2, 0.25) is 0 Å². The third-order valence-corrected chi connectivity index (χ3v) is 7.94. The van der Waals surface area contributed by atoms with E-state index in [2.05, 4.69) is 4.74 Å². The van der Waals surface area contributed by atoms with E-state index in [-0.39, 0.29) is 29.9 Å². The minimum atomic E-state index is -3.21. The number of benzene rings is 2. The number of carboxylic acid groups (broad SMARTS) is 1. The molecule has 4 atom stereocenters. The van der Waals surface area contributed by atoms with Crippen LogP contribution in [0.25, 0.3) is 11.0 Å². The molecule has 1 aliphatic heterocycles. The quantitative estimate of drug-likeness (QED) is 0.404. The van der Waals surface area contributed by atoms with E-state index in [1.54, 1.807) is 16.7 Å². The number of methoxy groups -OCH3 is 1. The molecule has 214 valence electrons. The van der Waals surface area contributed by atoms with Crippen LogP contribution in [-0.4, -0.2) is 51.6 Å². The van der Waals surface area contributed by atoms with Crippen molar-refractivity contribution in [2.24, 2.45) is 5.92 Å². The molecule has 3 aromatic rings. The highest BCUT2D eigenvalue weighted by atomic mass is 19.3. The number of ether oxygens (including phenoxy) is 2. The van der Waals surface area contributed by atoms with Crippen LogP contribution in [-0.2, 0) is 16.0 Å². The molecule has 0 radical (unpaired) electrons. The number of halogens is 3. The lowest BCUT2D eigenvalue weighted by Crippen LogP contribution is -2.42. The fraction of sp³-hybridized carbons (Fsp3) is 0.464. The number of fused-ring (bicyclic) bond motifs is 3. The molecule has 5 rings (SSSR count). The molecular formula is C28H30F3N3O6. The summed E-state index contributed by atoms with van der Waals surface area (Å²) in [4.78, 5) is 30.8. The summed E-state index contributed by atoms with van der Waals surface area (Å²) >= 11 is 0. The number of amides is 1. The average Bonchev–Trinajstić information content (AvgIpc) is 3.33. The molecule has 2 heterocycles. The van der Waals surface area contributed by atoms with E-state index in [0.29, 0.717) is 48.8 Å². The van der Waals surface area contributed by atoms with Crippen molar-refractivity contribution < 1.29 is 42.4 Å². The van der Waals surface area contributed by atoms with Crippen LogP contribution in [0.1, 0.15) is 68.1 Å². The molecule has 1 aromatic heterocycles. The van der Waals surface area contributed by atoms with Crippen LogP contribution in [0.15, 0.2) is 30.3 Å². The predicted molar refractivity (Wildman–Crippen MR) is 138 cm³/mol. The van der Waals surface area contributed by atoms with Crippen LogP contribution >= 0.6 is 0 Å². The van der Waals surface area contributed by atoms with E-state index in [1.807, 2.05) is 6.92 Å². The molecule has 0 saturated heterocycles. The van der Waals surface area contributed by atoms with E-state index in [4.69, 9.17) is 9.72 Å². The summed E-state index contributed by atoms with van der Waals surface area (Å²) in [5.41, 5.74) is 2.18. The summed E-state index contributed by atoms with van der Waals surface area (Å²) in [6.07, 6.45) is 0.980. The first-order valence-electron chi connectivity index (χ1n) is 13.2. The number of aliphatic hydroxyl groups excluding tert-OH is 1. The van der Waals surface area contributed by atoms with Crippen LogP contribution in [0.4, 0.5) is 23.7 Å². The van der Waals surface area contributed by atoms with Gasteiger partial charge in [0, 0.05) is 23.2 Å². The van der Waals surface area contributed by atoms with E-state index >= 15 is 0 Å². The Labute approximate surface area is 228 Å². The molecule has 1 fully saturated rings. The third kappa shape index (κ3) is 4.96. The van der Waals surface area contributed by atoms with Gasteiger partial charge in [-0.05, 0) is 69.4 Å². The van der Waals surface area contributed by atoms with Gasteiger partial charge in [0.05, 0.1) is 29.7 Å². The molecule has 9 nitrogen and oxygen atoms in total. The van der Waals surface area contributed by atoms with Gasteiger partial charge in [-0.1, -0.05) is 6.42 Å². The Morgan fingerprint density at radius 2 is 1.93 bits per heavy atom. The SMILES string of the molecule is COC(=O)N1c2ccc3c(nc([C@H](O)c4cc(F)ccc4OC(F)F)n3C3CCC[C@@H](C(=O)O)C3)c2CC[C@@H]1C. The lowest BCUT2D eigenvalue weighted by atomic mass is 9.85. The lowest BCUT2D eigenvalue weighted by molar-refractivity contribution is -0.143. The maximum absolute atomic E-state index is 14.3. The molecule has 2 aliphatic rings. The number of imidazole rings is 1. The highest BCUT2D eigenvalue weighted by Gasteiger charge is 2.36. The van der Waals surface area contributed by atoms with Crippen LogP contribution in [0.5, 0.6) is 5.75 Å². The second kappa shape index (κ2) is 11.0. The zero-order valence-electron chi connectivity index (χ0n) is 22.0. The maximum atomic E-state index is 14.3. The van der Waals surface area contributed by atoms with Crippen LogP contribution < -0.4 is 9.64 Å². The first-order valence-corrected chi connectivity index (χ1v) is 13.2. The summed E-state index contributed by atoms with van der Waals surface area (Å²) in [6, 6.07) is 5.89. The number of aryl methyl sites for hydroxylation is 1. The van der Waals surface area contributed by atoms with Gasteiger partial charge >= 0.3 is 18.7 Å². The first kappa shape index (κ1) is 27.8. The number of hydrogen-bond acceptors (Lipinski definition) is 6. The van der Waals surface area contributed by atoms with Gasteiger partial charge in [-0.15, -0.1) is 0 Å². The van der Waals surface area contributed by atoms with Crippen LogP contribution in [0.3, 0.4) is 0 Å². The van der Waals surface area contributed by atoms with Gasteiger partial charge in [-0.25, -0.2) is 14.2 Å². The highest BCUT2D eigenvalue weighted by Crippen LogP contribution is 2.43. The van der Waals surface area contributed by atoms with Crippen molar-refractivity contribution in [1.82, 2.24) is 9.55 Å². The molecular weight excluding hydrogens is 531 g/mol. The van der Waals surface area contributed by atoms with Crippen LogP contribution in [0, 0.1) is 11.7 Å². The van der Waals surface area contributed by atoms with Gasteiger partial charge < -0.3 is 24.3 Å². The van der Waals surface area contributed by atoms with Gasteiger partial charge in [0.25, 0.3) is 0 Å². The Kier molecular flexibility index (Phi) is 7.63. The van der Waals surface area contributed by atoms with Gasteiger partial charge in [0.2, 0.25) is 0 Å². The van der Waals surface area contributed by atoms with Crippen molar-refractivity contribution in [2.75, 3.05) is 12.0 Å². The zero-order valence-corrected chi connectivity index (χ0v) is 22.0. The zero-order chi connectivity index (χ0) is 28.7. The summed E-state index contributed by atoms with van der Waals surface area (Å²) in [5, 5.41) is 21.3. The summed E-state index contributed by atoms with van der Waals surface area (Å²) in [7, 11) is 1.30. The number of carbonyl (C=O) groups is 2. The molecule has 1 unspecified atom stereocenters. The molecule has 2 N–H and O–H groups in total. The van der Waals surface area contributed by atoms with Crippen molar-refractivity contribution in [1.29, 1.82) is 0 Å². The molecule has 0 bridgehead atoms. The van der Waals surface area contributed by atoms with Crippen molar-refractivity contribution in [3.05, 3.63) is 53.1 Å². The third-order valence-electron chi connectivity index (χ3n) is 7.94. The fourth-order valence-corrected chi connectivity index (χ4v) is 6.07. The number of anilines is 1. The number of hydrogen-bond donors (Lipinski definition) is 2. The summed E-state index contributed by atoms with van der Waals surface area (Å²) < 4.78 is 51.9. The molecule has 40 heavy (non-hydrogen) atoms. The second-order valence-corrected chi connectivity index (χ2v) is 10.3. The van der Waals surface area contributed by atoms with E-state index in [9.17, 15) is 33.0 Å². The summed E-state index contributed by atoms with van der Waals surface area (Å²) in [5.74, 6) is -2.65. The predicted octanol–water partition coefficient (Wildman–Crippen LogP) is 5.58. The minimum absolute atomic E-state index is 0.0485. The number of carbonyl (C=O) groups excluding carboxylic acids is 1.